The molecule has 31 heavy (non-hydrogen) atoms. The molecule has 2 fully saturated rings. The first-order chi connectivity index (χ1) is 15.1. The molecule has 8 heteroatoms. The number of piperazine rings is 1. The van der Waals surface area contributed by atoms with Crippen molar-refractivity contribution in [3.05, 3.63) is 29.3 Å². The van der Waals surface area contributed by atoms with Crippen molar-refractivity contribution in [2.24, 2.45) is 0 Å². The van der Waals surface area contributed by atoms with Gasteiger partial charge in [-0.1, -0.05) is 25.0 Å². The second kappa shape index (κ2) is 10.5. The number of carbonyl (C=O) groups is 2. The summed E-state index contributed by atoms with van der Waals surface area (Å²) >= 11 is 1.65. The molecule has 0 N–H and O–H groups in total. The van der Waals surface area contributed by atoms with Gasteiger partial charge in [-0.25, -0.2) is 4.98 Å². The van der Waals surface area contributed by atoms with Gasteiger partial charge in [-0.3, -0.25) is 19.4 Å². The Morgan fingerprint density at radius 1 is 0.935 bits per heavy atom. The van der Waals surface area contributed by atoms with Gasteiger partial charge in [0.15, 0.2) is 0 Å². The molecule has 0 unspecified atom stereocenters. The van der Waals surface area contributed by atoms with Crippen molar-refractivity contribution in [2.75, 3.05) is 59.4 Å². The van der Waals surface area contributed by atoms with E-state index in [1.807, 2.05) is 30.1 Å². The molecule has 0 saturated carbocycles. The maximum absolute atomic E-state index is 12.7. The van der Waals surface area contributed by atoms with Gasteiger partial charge in [0.2, 0.25) is 11.8 Å². The lowest BCUT2D eigenvalue weighted by Gasteiger charge is -2.35. The lowest BCUT2D eigenvalue weighted by atomic mass is 10.2. The molecule has 3 heterocycles. The number of fused-ring (bicyclic) bond motifs is 1. The Hall–Kier alpha value is -2.03. The average Bonchev–Trinajstić information content (AvgIpc) is 2.98. The number of hydrogen-bond donors (Lipinski definition) is 0. The highest BCUT2D eigenvalue weighted by atomic mass is 32.1. The number of likely N-dealkylation sites (tertiary alicyclic amines) is 1. The Morgan fingerprint density at radius 3 is 2.26 bits per heavy atom. The number of thiazole rings is 1. The fraction of sp³-hybridized carbons (Fsp3) is 0.609. The quantitative estimate of drug-likeness (QED) is 0.686. The van der Waals surface area contributed by atoms with Crippen LogP contribution < -0.4 is 0 Å². The maximum atomic E-state index is 12.7. The largest absolute Gasteiger partial charge is 0.342 e. The van der Waals surface area contributed by atoms with E-state index in [0.717, 1.165) is 67.3 Å². The van der Waals surface area contributed by atoms with Gasteiger partial charge in [0.05, 0.1) is 29.9 Å². The predicted octanol–water partition coefficient (Wildman–Crippen LogP) is 2.27. The average molecular weight is 444 g/mol. The Morgan fingerprint density at radius 2 is 1.58 bits per heavy atom. The van der Waals surface area contributed by atoms with E-state index in [4.69, 9.17) is 0 Å². The highest BCUT2D eigenvalue weighted by Gasteiger charge is 2.24. The van der Waals surface area contributed by atoms with Crippen LogP contribution in [-0.4, -0.2) is 95.8 Å². The van der Waals surface area contributed by atoms with Gasteiger partial charge in [0, 0.05) is 46.3 Å². The summed E-state index contributed by atoms with van der Waals surface area (Å²) in [5.74, 6) is 0.385. The van der Waals surface area contributed by atoms with Crippen molar-refractivity contribution in [1.29, 1.82) is 0 Å². The minimum atomic E-state index is 0.119. The molecule has 1 aromatic carbocycles. The highest BCUT2D eigenvalue weighted by Crippen LogP contribution is 2.22. The van der Waals surface area contributed by atoms with E-state index in [9.17, 15) is 9.59 Å². The third-order valence-electron chi connectivity index (χ3n) is 6.28. The number of amides is 2. The number of para-hydroxylation sites is 1. The van der Waals surface area contributed by atoms with Crippen LogP contribution in [0, 0.1) is 0 Å². The second-order valence-electron chi connectivity index (χ2n) is 8.67. The molecule has 2 aliphatic rings. The minimum absolute atomic E-state index is 0.119. The molecule has 2 aromatic rings. The molecule has 0 radical (unpaired) electrons. The molecule has 0 aliphatic carbocycles. The first-order valence-electron chi connectivity index (χ1n) is 11.4. The van der Waals surface area contributed by atoms with Crippen LogP contribution in [0.3, 0.4) is 0 Å². The van der Waals surface area contributed by atoms with E-state index in [2.05, 4.69) is 20.9 Å². The number of benzene rings is 1. The molecule has 4 rings (SSSR count). The van der Waals surface area contributed by atoms with Crippen molar-refractivity contribution in [3.8, 4) is 0 Å². The van der Waals surface area contributed by atoms with Crippen LogP contribution in [-0.2, 0) is 16.1 Å². The summed E-state index contributed by atoms with van der Waals surface area (Å²) in [6, 6.07) is 8.08. The fourth-order valence-electron chi connectivity index (χ4n) is 4.31. The van der Waals surface area contributed by atoms with Crippen LogP contribution in [0.15, 0.2) is 24.3 Å². The molecule has 0 atom stereocenters. The van der Waals surface area contributed by atoms with Crippen LogP contribution in [0.25, 0.3) is 10.2 Å². The van der Waals surface area contributed by atoms with Crippen molar-refractivity contribution >= 4 is 33.4 Å². The number of rotatable bonds is 6. The summed E-state index contributed by atoms with van der Waals surface area (Å²) in [4.78, 5) is 38.2. The molecule has 0 bridgehead atoms. The summed E-state index contributed by atoms with van der Waals surface area (Å²) in [5, 5.41) is 0.967. The molecule has 2 saturated heterocycles. The SMILES string of the molecule is CN(Cc1nc2ccccc2s1)C(=O)CN1CCN(CC(=O)N2CCCCCC2)CC1. The number of carbonyl (C=O) groups excluding carboxylic acids is 2. The van der Waals surface area contributed by atoms with Crippen molar-refractivity contribution in [3.63, 3.8) is 0 Å². The van der Waals surface area contributed by atoms with Gasteiger partial charge >= 0.3 is 0 Å². The van der Waals surface area contributed by atoms with Crippen molar-refractivity contribution in [2.45, 2.75) is 32.2 Å². The molecular weight excluding hydrogens is 410 g/mol. The standard InChI is InChI=1S/C23H33N5O2S/c1-25(16-21-24-19-8-4-5-9-20(19)31-21)22(29)17-26-12-14-27(15-13-26)18-23(30)28-10-6-2-3-7-11-28/h4-5,8-9H,2-3,6-7,10-18H2,1H3. The smallest absolute Gasteiger partial charge is 0.236 e. The van der Waals surface area contributed by atoms with E-state index in [0.29, 0.717) is 19.6 Å². The molecule has 2 amide bonds. The van der Waals surface area contributed by atoms with Crippen LogP contribution in [0.1, 0.15) is 30.7 Å². The third-order valence-corrected chi connectivity index (χ3v) is 7.30. The van der Waals surface area contributed by atoms with Crippen molar-refractivity contribution < 1.29 is 9.59 Å². The predicted molar refractivity (Wildman–Crippen MR) is 124 cm³/mol. The topological polar surface area (TPSA) is 60.0 Å². The summed E-state index contributed by atoms with van der Waals surface area (Å²) in [5.41, 5.74) is 0.995. The lowest BCUT2D eigenvalue weighted by molar-refractivity contribution is -0.134. The minimum Gasteiger partial charge on any atom is -0.342 e. The molecule has 7 nitrogen and oxygen atoms in total. The van der Waals surface area contributed by atoms with E-state index < -0.39 is 0 Å². The zero-order valence-electron chi connectivity index (χ0n) is 18.5. The zero-order chi connectivity index (χ0) is 21.6. The second-order valence-corrected chi connectivity index (χ2v) is 9.79. The van der Waals surface area contributed by atoms with Gasteiger partial charge in [-0.2, -0.15) is 0 Å². The number of hydrogen-bond acceptors (Lipinski definition) is 6. The summed E-state index contributed by atoms with van der Waals surface area (Å²) in [6.45, 7) is 6.64. The Labute approximate surface area is 188 Å². The van der Waals surface area contributed by atoms with Gasteiger partial charge < -0.3 is 9.80 Å². The first kappa shape index (κ1) is 22.2. The Balaban J connectivity index is 1.20. The Bertz CT molecular complexity index is 852. The van der Waals surface area contributed by atoms with Gasteiger partial charge in [0.1, 0.15) is 5.01 Å². The molecule has 168 valence electrons. The summed E-state index contributed by atoms with van der Waals surface area (Å²) in [7, 11) is 1.85. The molecule has 2 aliphatic heterocycles. The van der Waals surface area contributed by atoms with Crippen LogP contribution in [0.4, 0.5) is 0 Å². The first-order valence-corrected chi connectivity index (χ1v) is 12.2. The summed E-state index contributed by atoms with van der Waals surface area (Å²) in [6.07, 6.45) is 4.74. The fourth-order valence-corrected chi connectivity index (χ4v) is 5.33. The maximum Gasteiger partial charge on any atom is 0.236 e. The molecular formula is C23H33N5O2S. The number of likely N-dealkylation sites (N-methyl/N-ethyl adjacent to an activating group) is 1. The van der Waals surface area contributed by atoms with Crippen LogP contribution in [0.2, 0.25) is 0 Å². The lowest BCUT2D eigenvalue weighted by Crippen LogP contribution is -2.52. The van der Waals surface area contributed by atoms with Crippen LogP contribution in [0.5, 0.6) is 0 Å². The molecule has 1 aromatic heterocycles. The Kier molecular flexibility index (Phi) is 7.53. The van der Waals surface area contributed by atoms with Crippen LogP contribution >= 0.6 is 11.3 Å². The van der Waals surface area contributed by atoms with Gasteiger partial charge in [0.25, 0.3) is 0 Å². The zero-order valence-corrected chi connectivity index (χ0v) is 19.3. The van der Waals surface area contributed by atoms with Gasteiger partial charge in [-0.05, 0) is 25.0 Å². The highest BCUT2D eigenvalue weighted by molar-refractivity contribution is 7.18. The normalized spacial score (nSPS) is 18.8. The summed E-state index contributed by atoms with van der Waals surface area (Å²) < 4.78 is 1.16. The van der Waals surface area contributed by atoms with E-state index in [-0.39, 0.29) is 11.8 Å². The number of aromatic nitrogens is 1. The van der Waals surface area contributed by atoms with Crippen molar-refractivity contribution in [1.82, 2.24) is 24.6 Å². The van der Waals surface area contributed by atoms with E-state index >= 15 is 0 Å². The van der Waals surface area contributed by atoms with Gasteiger partial charge in [-0.15, -0.1) is 11.3 Å². The molecule has 0 spiro atoms. The number of nitrogens with zero attached hydrogens (tertiary/aromatic N) is 5. The van der Waals surface area contributed by atoms with E-state index in [1.54, 1.807) is 16.2 Å². The monoisotopic (exact) mass is 443 g/mol. The van der Waals surface area contributed by atoms with E-state index in [1.165, 1.54) is 12.8 Å². The third kappa shape index (κ3) is 6.02.